The van der Waals surface area contributed by atoms with Crippen LogP contribution in [-0.4, -0.2) is 14.3 Å². The number of pyridine rings is 1. The van der Waals surface area contributed by atoms with Gasteiger partial charge in [0.1, 0.15) is 11.5 Å². The number of rotatable bonds is 1. The van der Waals surface area contributed by atoms with Crippen molar-refractivity contribution in [1.82, 2.24) is 14.3 Å². The van der Waals surface area contributed by atoms with Crippen molar-refractivity contribution in [2.45, 2.75) is 6.92 Å². The number of hydrogen-bond acceptors (Lipinski definition) is 2. The average molecular weight is 257 g/mol. The predicted octanol–water partition coefficient (Wildman–Crippen LogP) is 2.17. The number of fused-ring (bicyclic) bond motifs is 1. The molecule has 1 aromatic carbocycles. The Morgan fingerprint density at radius 3 is 2.79 bits per heavy atom. The van der Waals surface area contributed by atoms with Crippen molar-refractivity contribution in [3.8, 4) is 5.69 Å². The van der Waals surface area contributed by atoms with Crippen LogP contribution in [-0.2, 0) is 7.05 Å². The predicted molar refractivity (Wildman–Crippen MR) is 71.0 cm³/mol. The second-order valence-electron chi connectivity index (χ2n) is 4.50. The topological polar surface area (TPSA) is 39.8 Å². The Morgan fingerprint density at radius 1 is 1.26 bits per heavy atom. The summed E-state index contributed by atoms with van der Waals surface area (Å²) in [6.07, 6.45) is 1.69. The molecule has 96 valence electrons. The molecule has 0 aliphatic heterocycles. The summed E-state index contributed by atoms with van der Waals surface area (Å²) in [5.74, 6) is -0.334. The Bertz CT molecular complexity index is 832. The summed E-state index contributed by atoms with van der Waals surface area (Å²) < 4.78 is 16.4. The molecule has 0 bridgehead atoms. The van der Waals surface area contributed by atoms with Crippen LogP contribution >= 0.6 is 0 Å². The van der Waals surface area contributed by atoms with Gasteiger partial charge in [-0.2, -0.15) is 5.10 Å². The molecule has 4 nitrogen and oxygen atoms in total. The van der Waals surface area contributed by atoms with E-state index >= 15 is 0 Å². The molecule has 0 atom stereocenters. The molecule has 3 aromatic rings. The largest absolute Gasteiger partial charge is 0.296 e. The molecule has 2 aromatic heterocycles. The third kappa shape index (κ3) is 1.74. The number of aryl methyl sites for hydroxylation is 2. The van der Waals surface area contributed by atoms with E-state index in [1.807, 2.05) is 6.92 Å². The Labute approximate surface area is 108 Å². The molecule has 2 heterocycles. The van der Waals surface area contributed by atoms with E-state index in [0.29, 0.717) is 11.3 Å². The summed E-state index contributed by atoms with van der Waals surface area (Å²) in [5.41, 5.74) is 2.01. The Morgan fingerprint density at radius 2 is 2.05 bits per heavy atom. The fourth-order valence-electron chi connectivity index (χ4n) is 2.20. The minimum Gasteiger partial charge on any atom is -0.296 e. The lowest BCUT2D eigenvalue weighted by Crippen LogP contribution is -2.18. The molecule has 0 N–H and O–H groups in total. The molecule has 0 spiro atoms. The lowest BCUT2D eigenvalue weighted by Gasteiger charge is -2.08. The molecular formula is C14H12FN3O. The Kier molecular flexibility index (Phi) is 2.48. The maximum Gasteiger partial charge on any atom is 0.252 e. The van der Waals surface area contributed by atoms with Gasteiger partial charge in [-0.15, -0.1) is 0 Å². The monoisotopic (exact) mass is 257 g/mol. The van der Waals surface area contributed by atoms with Crippen molar-refractivity contribution in [2.24, 2.45) is 7.05 Å². The first-order valence-electron chi connectivity index (χ1n) is 5.88. The lowest BCUT2D eigenvalue weighted by molar-refractivity contribution is 0.625. The molecule has 0 aliphatic carbocycles. The van der Waals surface area contributed by atoms with Crippen LogP contribution in [0.5, 0.6) is 0 Å². The molecule has 0 saturated carbocycles. The minimum atomic E-state index is -0.334. The van der Waals surface area contributed by atoms with E-state index in [4.69, 9.17) is 0 Å². The normalized spacial score (nSPS) is 11.1. The van der Waals surface area contributed by atoms with E-state index in [-0.39, 0.29) is 11.4 Å². The Balaban J connectivity index is 2.41. The fourth-order valence-corrected chi connectivity index (χ4v) is 2.20. The highest BCUT2D eigenvalue weighted by molar-refractivity contribution is 5.80. The molecule has 0 radical (unpaired) electrons. The summed E-state index contributed by atoms with van der Waals surface area (Å²) in [6.45, 7) is 1.86. The van der Waals surface area contributed by atoms with Crippen LogP contribution in [0.25, 0.3) is 16.7 Å². The Hall–Kier alpha value is -2.43. The first-order chi connectivity index (χ1) is 9.08. The van der Waals surface area contributed by atoms with Crippen LogP contribution in [0.15, 0.2) is 41.3 Å². The van der Waals surface area contributed by atoms with Crippen LogP contribution in [0.1, 0.15) is 5.56 Å². The zero-order chi connectivity index (χ0) is 13.6. The number of aromatic nitrogens is 3. The minimum absolute atomic E-state index is 0.108. The quantitative estimate of drug-likeness (QED) is 0.670. The third-order valence-corrected chi connectivity index (χ3v) is 3.21. The summed E-state index contributed by atoms with van der Waals surface area (Å²) in [7, 11) is 1.68. The van der Waals surface area contributed by atoms with E-state index in [1.165, 1.54) is 16.7 Å². The summed E-state index contributed by atoms with van der Waals surface area (Å²) in [4.78, 5) is 11.9. The van der Waals surface area contributed by atoms with E-state index < -0.39 is 0 Å². The van der Waals surface area contributed by atoms with Crippen molar-refractivity contribution < 1.29 is 4.39 Å². The van der Waals surface area contributed by atoms with E-state index in [1.54, 1.807) is 36.1 Å². The van der Waals surface area contributed by atoms with Crippen LogP contribution in [0, 0.1) is 12.7 Å². The maximum atomic E-state index is 13.3. The molecule has 0 amide bonds. The SMILES string of the molecule is Cc1cc(=O)n(C)c2c1cnn2-c1cccc(F)c1. The van der Waals surface area contributed by atoms with Crippen LogP contribution in [0.2, 0.25) is 0 Å². The van der Waals surface area contributed by atoms with Crippen molar-refractivity contribution in [2.75, 3.05) is 0 Å². The molecule has 5 heteroatoms. The van der Waals surface area contributed by atoms with Gasteiger partial charge in [-0.1, -0.05) is 6.07 Å². The van der Waals surface area contributed by atoms with Crippen molar-refractivity contribution in [1.29, 1.82) is 0 Å². The summed E-state index contributed by atoms with van der Waals surface area (Å²) in [5, 5.41) is 5.14. The van der Waals surface area contributed by atoms with Crippen LogP contribution < -0.4 is 5.56 Å². The first kappa shape index (κ1) is 11.6. The standard InChI is InChI=1S/C14H12FN3O/c1-9-6-13(19)17(2)14-12(9)8-16-18(14)11-5-3-4-10(15)7-11/h3-8H,1-2H3. The van der Waals surface area contributed by atoms with Gasteiger partial charge >= 0.3 is 0 Å². The summed E-state index contributed by atoms with van der Waals surface area (Å²) in [6, 6.07) is 7.70. The molecule has 0 aliphatic rings. The van der Waals surface area contributed by atoms with E-state index in [0.717, 1.165) is 10.9 Å². The smallest absolute Gasteiger partial charge is 0.252 e. The zero-order valence-electron chi connectivity index (χ0n) is 10.6. The van der Waals surface area contributed by atoms with Crippen LogP contribution in [0.4, 0.5) is 4.39 Å². The van der Waals surface area contributed by atoms with Gasteiger partial charge in [-0.3, -0.25) is 9.36 Å². The second kappa shape index (κ2) is 4.05. The number of hydrogen-bond donors (Lipinski definition) is 0. The van der Waals surface area contributed by atoms with Gasteiger partial charge in [0.25, 0.3) is 5.56 Å². The van der Waals surface area contributed by atoms with Gasteiger partial charge in [-0.25, -0.2) is 9.07 Å². The van der Waals surface area contributed by atoms with Gasteiger partial charge in [0, 0.05) is 18.5 Å². The second-order valence-corrected chi connectivity index (χ2v) is 4.50. The molecular weight excluding hydrogens is 245 g/mol. The molecule has 0 saturated heterocycles. The van der Waals surface area contributed by atoms with E-state index in [2.05, 4.69) is 5.10 Å². The van der Waals surface area contributed by atoms with Crippen molar-refractivity contribution in [3.05, 3.63) is 58.3 Å². The molecule has 19 heavy (non-hydrogen) atoms. The number of halogens is 1. The third-order valence-electron chi connectivity index (χ3n) is 3.21. The zero-order valence-corrected chi connectivity index (χ0v) is 10.6. The van der Waals surface area contributed by atoms with Crippen LogP contribution in [0.3, 0.4) is 0 Å². The highest BCUT2D eigenvalue weighted by Crippen LogP contribution is 2.19. The molecule has 0 fully saturated rings. The van der Waals surface area contributed by atoms with Gasteiger partial charge in [0.05, 0.1) is 11.9 Å². The number of benzene rings is 1. The van der Waals surface area contributed by atoms with Crippen molar-refractivity contribution >= 4 is 11.0 Å². The first-order valence-corrected chi connectivity index (χ1v) is 5.88. The van der Waals surface area contributed by atoms with Gasteiger partial charge in [0.2, 0.25) is 0 Å². The highest BCUT2D eigenvalue weighted by atomic mass is 19.1. The van der Waals surface area contributed by atoms with Crippen molar-refractivity contribution in [3.63, 3.8) is 0 Å². The summed E-state index contributed by atoms with van der Waals surface area (Å²) >= 11 is 0. The van der Waals surface area contributed by atoms with E-state index in [9.17, 15) is 9.18 Å². The molecule has 0 unspecified atom stereocenters. The number of nitrogens with zero attached hydrogens (tertiary/aromatic N) is 3. The van der Waals surface area contributed by atoms with Gasteiger partial charge < -0.3 is 0 Å². The van der Waals surface area contributed by atoms with Gasteiger partial charge in [-0.05, 0) is 30.7 Å². The maximum absolute atomic E-state index is 13.3. The highest BCUT2D eigenvalue weighted by Gasteiger charge is 2.11. The van der Waals surface area contributed by atoms with Gasteiger partial charge in [0.15, 0.2) is 0 Å². The molecule has 3 rings (SSSR count). The average Bonchev–Trinajstić information content (AvgIpc) is 2.81. The fraction of sp³-hybridized carbons (Fsp3) is 0.143. The lowest BCUT2D eigenvalue weighted by atomic mass is 10.2.